The average molecular weight is 645 g/mol. The zero-order chi connectivity index (χ0) is 33.1. The van der Waals surface area contributed by atoms with Crippen LogP contribution in [0.15, 0.2) is 75.6 Å². The topological polar surface area (TPSA) is 98.0 Å². The molecule has 13 heteroatoms. The molecular formula is C34H28F4N6O3. The zero-order valence-corrected chi connectivity index (χ0v) is 25.3. The minimum atomic E-state index is -1.91. The Balaban J connectivity index is 1.20. The van der Waals surface area contributed by atoms with Crippen LogP contribution in [0.5, 0.6) is 0 Å². The maximum atomic E-state index is 14.6. The first-order valence-corrected chi connectivity index (χ1v) is 15.2. The second-order valence-corrected chi connectivity index (χ2v) is 12.2. The molecule has 3 aromatic rings. The molecule has 0 aromatic heterocycles. The van der Waals surface area contributed by atoms with E-state index >= 15 is 0 Å². The predicted octanol–water partition coefficient (Wildman–Crippen LogP) is 5.98. The first kappa shape index (κ1) is 30.5. The van der Waals surface area contributed by atoms with Crippen LogP contribution < -0.4 is 4.90 Å². The molecule has 4 atom stereocenters. The number of hydrazone groups is 1. The fraction of sp³-hybridized carbons (Fsp3) is 0.294. The quantitative estimate of drug-likeness (QED) is 0.194. The molecule has 3 aromatic carbocycles. The minimum Gasteiger partial charge on any atom is -0.271 e. The van der Waals surface area contributed by atoms with Crippen molar-refractivity contribution in [1.82, 2.24) is 10.0 Å². The van der Waals surface area contributed by atoms with Gasteiger partial charge in [-0.25, -0.2) is 27.5 Å². The Labute approximate surface area is 266 Å². The Morgan fingerprint density at radius 1 is 0.894 bits per heavy atom. The highest BCUT2D eigenvalue weighted by atomic mass is 19.2. The molecule has 3 heterocycles. The van der Waals surface area contributed by atoms with E-state index < -0.39 is 71.3 Å². The first-order valence-electron chi connectivity index (χ1n) is 15.2. The predicted molar refractivity (Wildman–Crippen MR) is 163 cm³/mol. The highest BCUT2D eigenvalue weighted by Gasteiger charge is 2.57. The summed E-state index contributed by atoms with van der Waals surface area (Å²) in [6.07, 6.45) is 4.52. The monoisotopic (exact) mass is 644 g/mol. The number of allylic oxidation sites excluding steroid dienone is 1. The number of aryl methyl sites for hydroxylation is 2. The Kier molecular flexibility index (Phi) is 7.48. The molecule has 3 amide bonds. The number of halogens is 4. The smallest absolute Gasteiger partial charge is 0.264 e. The molecule has 2 fully saturated rings. The van der Waals surface area contributed by atoms with Crippen molar-refractivity contribution < 1.29 is 31.9 Å². The van der Waals surface area contributed by atoms with Gasteiger partial charge in [0, 0.05) is 12.0 Å². The van der Waals surface area contributed by atoms with E-state index in [0.29, 0.717) is 0 Å². The summed E-state index contributed by atoms with van der Waals surface area (Å²) in [4.78, 5) is 40.6. The number of amides is 3. The summed E-state index contributed by atoms with van der Waals surface area (Å²) in [6.45, 7) is 3.42. The van der Waals surface area contributed by atoms with Gasteiger partial charge in [-0.2, -0.15) is 10.2 Å². The molecular weight excluding hydrogens is 616 g/mol. The number of hydrogen-bond acceptors (Lipinski definition) is 7. The van der Waals surface area contributed by atoms with Gasteiger partial charge in [0.15, 0.2) is 35.4 Å². The van der Waals surface area contributed by atoms with Crippen molar-refractivity contribution in [3.05, 3.63) is 106 Å². The van der Waals surface area contributed by atoms with Crippen LogP contribution in [0, 0.1) is 43.0 Å². The number of rotatable bonds is 5. The fourth-order valence-electron chi connectivity index (χ4n) is 6.71. The Morgan fingerprint density at radius 3 is 2.19 bits per heavy atom. The number of carbonyl (C=O) groups excluding carboxylic acids is 3. The van der Waals surface area contributed by atoms with Gasteiger partial charge in [0.25, 0.3) is 17.7 Å². The van der Waals surface area contributed by atoms with Gasteiger partial charge in [-0.05, 0) is 55.9 Å². The molecule has 0 unspecified atom stereocenters. The van der Waals surface area contributed by atoms with Crippen LogP contribution in [0.25, 0.3) is 6.08 Å². The van der Waals surface area contributed by atoms with Crippen molar-refractivity contribution in [3.8, 4) is 0 Å². The molecule has 4 aliphatic rings. The lowest BCUT2D eigenvalue weighted by molar-refractivity contribution is -0.136. The normalized spacial score (nSPS) is 24.3. The fourth-order valence-corrected chi connectivity index (χ4v) is 6.71. The van der Waals surface area contributed by atoms with Crippen LogP contribution >= 0.6 is 0 Å². The molecule has 240 valence electrons. The summed E-state index contributed by atoms with van der Waals surface area (Å²) in [6, 6.07) is 12.3. The maximum absolute atomic E-state index is 14.6. The number of benzene rings is 3. The first-order chi connectivity index (χ1) is 22.5. The van der Waals surface area contributed by atoms with Gasteiger partial charge >= 0.3 is 0 Å². The van der Waals surface area contributed by atoms with Crippen LogP contribution in [0.1, 0.15) is 47.6 Å². The van der Waals surface area contributed by atoms with Crippen molar-refractivity contribution in [3.63, 3.8) is 0 Å². The van der Waals surface area contributed by atoms with E-state index in [0.717, 1.165) is 57.8 Å². The Morgan fingerprint density at radius 2 is 1.53 bits per heavy atom. The van der Waals surface area contributed by atoms with E-state index in [1.165, 1.54) is 5.01 Å². The zero-order valence-electron chi connectivity index (χ0n) is 25.3. The molecule has 0 spiro atoms. The number of anilines is 1. The third-order valence-electron chi connectivity index (χ3n) is 9.06. The van der Waals surface area contributed by atoms with E-state index in [1.807, 2.05) is 62.4 Å². The lowest BCUT2D eigenvalue weighted by Crippen LogP contribution is -2.45. The molecule has 0 radical (unpaired) electrons. The lowest BCUT2D eigenvalue weighted by atomic mass is 9.77. The van der Waals surface area contributed by atoms with Crippen molar-refractivity contribution >= 4 is 35.2 Å². The Hall–Kier alpha value is -5.20. The summed E-state index contributed by atoms with van der Waals surface area (Å²) >= 11 is 0. The second kappa shape index (κ2) is 11.6. The third kappa shape index (κ3) is 5.09. The molecule has 7 rings (SSSR count). The number of fused-ring (bicyclic) bond motifs is 2. The summed E-state index contributed by atoms with van der Waals surface area (Å²) in [5.41, 5.74) is 4.37. The van der Waals surface area contributed by atoms with E-state index in [1.54, 1.807) is 0 Å². The largest absolute Gasteiger partial charge is 0.271 e. The molecule has 1 saturated carbocycles. The van der Waals surface area contributed by atoms with Gasteiger partial charge in [0.05, 0.1) is 11.8 Å². The molecule has 3 aliphatic heterocycles. The molecule has 9 nitrogen and oxygen atoms in total. The second-order valence-electron chi connectivity index (χ2n) is 12.2. The summed E-state index contributed by atoms with van der Waals surface area (Å²) in [5, 5.41) is 14.8. The molecule has 1 saturated heterocycles. The number of imide groups is 1. The number of nitrogens with zero attached hydrogens (tertiary/aromatic N) is 6. The standard InChI is InChI=1S/C34H28F4N6O3/c1-17-6-10-19(11-7-17)14-21-4-3-5-22-28(21)40-44(30(22)20-12-8-18(2)9-13-20)25(45)16-42-32-29(39-41-42)33(46)43(34(32)47)31-26(37)23(35)15-24(36)27(31)38/h6-15,22,29-30,32H,3-5,16H2,1-2H3/b21-14+/t22-,29+,30+,32+/m1/s1. The SMILES string of the molecule is Cc1ccc(/C=C2\CCC[C@@H]3C2=NN(C(=O)CN2N=N[C@@H]4C(=O)N(c5c(F)c(F)cc(F)c5F)C(=O)[C@H]42)[C@H]3c2ccc(C)cc2)cc1. The highest BCUT2D eigenvalue weighted by molar-refractivity contribution is 6.25. The molecule has 1 aliphatic carbocycles. The minimum absolute atomic E-state index is 0.0221. The van der Waals surface area contributed by atoms with E-state index in [4.69, 9.17) is 5.10 Å². The van der Waals surface area contributed by atoms with Crippen molar-refractivity contribution in [2.24, 2.45) is 21.4 Å². The van der Waals surface area contributed by atoms with Crippen LogP contribution in [0.2, 0.25) is 0 Å². The summed E-state index contributed by atoms with van der Waals surface area (Å²) in [7, 11) is 0. The Bertz CT molecular complexity index is 1880. The van der Waals surface area contributed by atoms with Gasteiger partial charge < -0.3 is 0 Å². The summed E-state index contributed by atoms with van der Waals surface area (Å²) < 4.78 is 57.2. The number of hydrogen-bond donors (Lipinski definition) is 0. The van der Waals surface area contributed by atoms with E-state index in [-0.39, 0.29) is 16.9 Å². The average Bonchev–Trinajstić information content (AvgIpc) is 3.72. The van der Waals surface area contributed by atoms with E-state index in [9.17, 15) is 31.9 Å². The van der Waals surface area contributed by atoms with Crippen molar-refractivity contribution in [1.29, 1.82) is 0 Å². The molecule has 0 bridgehead atoms. The van der Waals surface area contributed by atoms with Crippen molar-refractivity contribution in [2.45, 2.75) is 51.2 Å². The van der Waals surface area contributed by atoms with Crippen LogP contribution in [0.3, 0.4) is 0 Å². The molecule has 0 N–H and O–H groups in total. The maximum Gasteiger partial charge on any atom is 0.264 e. The van der Waals surface area contributed by atoms with Gasteiger partial charge in [-0.3, -0.25) is 19.4 Å². The molecule has 47 heavy (non-hydrogen) atoms. The van der Waals surface area contributed by atoms with Crippen LogP contribution in [0.4, 0.5) is 23.2 Å². The van der Waals surface area contributed by atoms with Gasteiger partial charge in [0.2, 0.25) is 0 Å². The van der Waals surface area contributed by atoms with Crippen LogP contribution in [-0.4, -0.2) is 52.1 Å². The van der Waals surface area contributed by atoms with Crippen molar-refractivity contribution in [2.75, 3.05) is 11.4 Å². The summed E-state index contributed by atoms with van der Waals surface area (Å²) in [5.74, 6) is -10.5. The van der Waals surface area contributed by atoms with Gasteiger partial charge in [0.1, 0.15) is 12.2 Å². The highest BCUT2D eigenvalue weighted by Crippen LogP contribution is 2.45. The van der Waals surface area contributed by atoms with Gasteiger partial charge in [-0.15, -0.1) is 0 Å². The third-order valence-corrected chi connectivity index (χ3v) is 9.06. The van der Waals surface area contributed by atoms with Crippen LogP contribution in [-0.2, 0) is 14.4 Å². The van der Waals surface area contributed by atoms with Gasteiger partial charge in [-0.1, -0.05) is 64.9 Å². The number of carbonyl (C=O) groups is 3. The van der Waals surface area contributed by atoms with E-state index in [2.05, 4.69) is 16.4 Å². The lowest BCUT2D eigenvalue weighted by Gasteiger charge is -2.30.